The first-order valence-electron chi connectivity index (χ1n) is 11.2. The van der Waals surface area contributed by atoms with Gasteiger partial charge in [-0.25, -0.2) is 4.98 Å². The summed E-state index contributed by atoms with van der Waals surface area (Å²) in [5, 5.41) is 8.46. The molecule has 1 aromatic carbocycles. The number of aromatic nitrogens is 3. The van der Waals surface area contributed by atoms with Crippen LogP contribution in [0.1, 0.15) is 37.1 Å². The summed E-state index contributed by atoms with van der Waals surface area (Å²) in [6, 6.07) is 11.6. The Kier molecular flexibility index (Phi) is 5.75. The first-order chi connectivity index (χ1) is 15.7. The minimum Gasteiger partial charge on any atom is -0.494 e. The predicted octanol–water partition coefficient (Wildman–Crippen LogP) is 3.30. The topological polar surface area (TPSA) is 84.6 Å². The highest BCUT2D eigenvalue weighted by molar-refractivity contribution is 5.79. The van der Waals surface area contributed by atoms with Gasteiger partial charge in [0.2, 0.25) is 11.8 Å². The highest BCUT2D eigenvalue weighted by atomic mass is 16.5. The third kappa shape index (κ3) is 4.44. The summed E-state index contributed by atoms with van der Waals surface area (Å²) in [6.45, 7) is 5.32. The van der Waals surface area contributed by atoms with Crippen molar-refractivity contribution >= 4 is 11.7 Å². The van der Waals surface area contributed by atoms with Crippen LogP contribution in [0.4, 0.5) is 5.82 Å². The van der Waals surface area contributed by atoms with Gasteiger partial charge in [-0.05, 0) is 49.6 Å². The fourth-order valence-corrected chi connectivity index (χ4v) is 3.98. The lowest BCUT2D eigenvalue weighted by molar-refractivity contribution is -0.130. The van der Waals surface area contributed by atoms with E-state index in [9.17, 15) is 4.79 Å². The number of amides is 1. The van der Waals surface area contributed by atoms with Crippen LogP contribution >= 0.6 is 0 Å². The van der Waals surface area contributed by atoms with E-state index >= 15 is 0 Å². The number of ether oxygens (including phenoxy) is 1. The second kappa shape index (κ2) is 8.98. The number of pyridine rings is 1. The zero-order chi connectivity index (χ0) is 21.9. The molecule has 1 aliphatic carbocycles. The van der Waals surface area contributed by atoms with Gasteiger partial charge in [-0.2, -0.15) is 0 Å². The van der Waals surface area contributed by atoms with Crippen molar-refractivity contribution < 1.29 is 13.9 Å². The second-order valence-corrected chi connectivity index (χ2v) is 8.22. The molecule has 2 fully saturated rings. The molecule has 166 valence electrons. The monoisotopic (exact) mass is 433 g/mol. The molecule has 0 radical (unpaired) electrons. The van der Waals surface area contributed by atoms with Gasteiger partial charge in [0, 0.05) is 38.3 Å². The molecular weight excluding hydrogens is 406 g/mol. The lowest BCUT2D eigenvalue weighted by Crippen LogP contribution is -2.49. The Balaban J connectivity index is 1.21. The number of benzene rings is 1. The summed E-state index contributed by atoms with van der Waals surface area (Å²) in [5.74, 6) is 3.46. The average molecular weight is 434 g/mol. The number of carbonyl (C=O) groups excluding carboxylic acids is 1. The lowest BCUT2D eigenvalue weighted by Gasteiger charge is -2.36. The van der Waals surface area contributed by atoms with Gasteiger partial charge in [0.1, 0.15) is 11.6 Å². The number of hydrogen-bond donors (Lipinski definition) is 0. The van der Waals surface area contributed by atoms with Crippen molar-refractivity contribution in [2.45, 2.75) is 32.1 Å². The molecular formula is C24H27N5O3. The van der Waals surface area contributed by atoms with Gasteiger partial charge in [0.15, 0.2) is 0 Å². The Labute approximate surface area is 187 Å². The molecule has 0 spiro atoms. The average Bonchev–Trinajstić information content (AvgIpc) is 3.57. The number of hydrogen-bond acceptors (Lipinski definition) is 7. The van der Waals surface area contributed by atoms with E-state index in [0.29, 0.717) is 51.0 Å². The molecule has 3 heterocycles. The maximum absolute atomic E-state index is 12.8. The summed E-state index contributed by atoms with van der Waals surface area (Å²) >= 11 is 0. The van der Waals surface area contributed by atoms with Crippen molar-refractivity contribution in [3.8, 4) is 17.2 Å². The maximum Gasteiger partial charge on any atom is 0.251 e. The van der Waals surface area contributed by atoms with E-state index in [1.165, 1.54) is 0 Å². The SMILES string of the molecule is CCOc1ccc(CC(=O)N2CCN(c3ncccc3-c3nnc(C4CC4)o3)CC2)cc1. The fraction of sp³-hybridized carbons (Fsp3) is 0.417. The van der Waals surface area contributed by atoms with Crippen LogP contribution in [0.2, 0.25) is 0 Å². The zero-order valence-corrected chi connectivity index (χ0v) is 18.2. The van der Waals surface area contributed by atoms with Crippen LogP contribution in [0, 0.1) is 0 Å². The molecule has 1 aliphatic heterocycles. The Morgan fingerprint density at radius 2 is 1.88 bits per heavy atom. The van der Waals surface area contributed by atoms with Crippen molar-refractivity contribution in [1.29, 1.82) is 0 Å². The molecule has 3 aromatic rings. The summed E-state index contributed by atoms with van der Waals surface area (Å²) < 4.78 is 11.4. The van der Waals surface area contributed by atoms with E-state index in [1.807, 2.05) is 48.2 Å². The fourth-order valence-electron chi connectivity index (χ4n) is 3.98. The molecule has 0 bridgehead atoms. The standard InChI is InChI=1S/C24H27N5O3/c1-2-31-19-9-5-17(6-10-19)16-21(30)28-12-14-29(15-13-28)22-20(4-3-11-25-22)24-27-26-23(32-24)18-7-8-18/h3-6,9-11,18H,2,7-8,12-16H2,1H3. The van der Waals surface area contributed by atoms with Crippen LogP contribution in [0.25, 0.3) is 11.5 Å². The zero-order valence-electron chi connectivity index (χ0n) is 18.2. The third-order valence-electron chi connectivity index (χ3n) is 5.91. The highest BCUT2D eigenvalue weighted by Gasteiger charge is 2.30. The Morgan fingerprint density at radius 1 is 1.09 bits per heavy atom. The van der Waals surface area contributed by atoms with Gasteiger partial charge in [-0.1, -0.05) is 12.1 Å². The van der Waals surface area contributed by atoms with E-state index < -0.39 is 0 Å². The van der Waals surface area contributed by atoms with E-state index in [2.05, 4.69) is 20.1 Å². The molecule has 2 aromatic heterocycles. The molecule has 8 nitrogen and oxygen atoms in total. The first kappa shape index (κ1) is 20.5. The molecule has 1 amide bonds. The Morgan fingerprint density at radius 3 is 2.59 bits per heavy atom. The number of piperazine rings is 1. The summed E-state index contributed by atoms with van der Waals surface area (Å²) in [5.41, 5.74) is 1.84. The van der Waals surface area contributed by atoms with Gasteiger partial charge < -0.3 is 19.0 Å². The number of carbonyl (C=O) groups is 1. The molecule has 0 unspecified atom stereocenters. The van der Waals surface area contributed by atoms with Gasteiger partial charge in [-0.3, -0.25) is 4.79 Å². The van der Waals surface area contributed by atoms with Crippen molar-refractivity contribution in [3.63, 3.8) is 0 Å². The second-order valence-electron chi connectivity index (χ2n) is 8.22. The predicted molar refractivity (Wildman–Crippen MR) is 120 cm³/mol. The normalized spacial score (nSPS) is 16.3. The number of rotatable bonds is 7. The lowest BCUT2D eigenvalue weighted by atomic mass is 10.1. The van der Waals surface area contributed by atoms with E-state index in [0.717, 1.165) is 41.4 Å². The maximum atomic E-state index is 12.8. The van der Waals surface area contributed by atoms with Gasteiger partial charge in [0.05, 0.1) is 18.6 Å². The molecule has 2 aliphatic rings. The molecule has 0 atom stereocenters. The summed E-state index contributed by atoms with van der Waals surface area (Å²) in [7, 11) is 0. The van der Waals surface area contributed by atoms with Crippen molar-refractivity contribution in [3.05, 3.63) is 54.0 Å². The molecule has 8 heteroatoms. The Hall–Kier alpha value is -3.42. The van der Waals surface area contributed by atoms with Crippen LogP contribution in [-0.4, -0.2) is 58.8 Å². The van der Waals surface area contributed by atoms with Crippen LogP contribution in [0.15, 0.2) is 47.0 Å². The van der Waals surface area contributed by atoms with Crippen LogP contribution in [-0.2, 0) is 11.2 Å². The minimum absolute atomic E-state index is 0.140. The van der Waals surface area contributed by atoms with E-state index in [-0.39, 0.29) is 5.91 Å². The summed E-state index contributed by atoms with van der Waals surface area (Å²) in [4.78, 5) is 21.5. The largest absolute Gasteiger partial charge is 0.494 e. The summed E-state index contributed by atoms with van der Waals surface area (Å²) in [6.07, 6.45) is 4.41. The number of anilines is 1. The molecule has 1 saturated carbocycles. The minimum atomic E-state index is 0.140. The highest BCUT2D eigenvalue weighted by Crippen LogP contribution is 2.40. The van der Waals surface area contributed by atoms with E-state index in [4.69, 9.17) is 9.15 Å². The van der Waals surface area contributed by atoms with Crippen LogP contribution in [0.5, 0.6) is 5.75 Å². The molecule has 5 rings (SSSR count). The Bertz CT molecular complexity index is 1070. The molecule has 1 saturated heterocycles. The van der Waals surface area contributed by atoms with Crippen molar-refractivity contribution in [1.82, 2.24) is 20.1 Å². The van der Waals surface area contributed by atoms with Gasteiger partial charge in [0.25, 0.3) is 5.89 Å². The van der Waals surface area contributed by atoms with Gasteiger partial charge in [-0.15, -0.1) is 10.2 Å². The smallest absolute Gasteiger partial charge is 0.251 e. The van der Waals surface area contributed by atoms with Crippen LogP contribution < -0.4 is 9.64 Å². The molecule has 0 N–H and O–H groups in total. The molecule has 32 heavy (non-hydrogen) atoms. The van der Waals surface area contributed by atoms with Crippen LogP contribution in [0.3, 0.4) is 0 Å². The van der Waals surface area contributed by atoms with E-state index in [1.54, 1.807) is 6.20 Å². The first-order valence-corrected chi connectivity index (χ1v) is 11.2. The number of nitrogens with zero attached hydrogens (tertiary/aromatic N) is 5. The van der Waals surface area contributed by atoms with Crippen molar-refractivity contribution in [2.75, 3.05) is 37.7 Å². The van der Waals surface area contributed by atoms with Crippen molar-refractivity contribution in [2.24, 2.45) is 0 Å². The quantitative estimate of drug-likeness (QED) is 0.565. The third-order valence-corrected chi connectivity index (χ3v) is 5.91. The van der Waals surface area contributed by atoms with Gasteiger partial charge >= 0.3 is 0 Å².